The minimum atomic E-state index is -0.112. The zero-order valence-electron chi connectivity index (χ0n) is 11.8. The van der Waals surface area contributed by atoms with Crippen LogP contribution < -0.4 is 10.6 Å². The van der Waals surface area contributed by atoms with Gasteiger partial charge in [-0.15, -0.1) is 0 Å². The van der Waals surface area contributed by atoms with Crippen LogP contribution >= 0.6 is 0 Å². The van der Waals surface area contributed by atoms with E-state index in [0.717, 1.165) is 24.2 Å². The van der Waals surface area contributed by atoms with Crippen molar-refractivity contribution in [3.63, 3.8) is 0 Å². The van der Waals surface area contributed by atoms with E-state index in [9.17, 15) is 9.59 Å². The van der Waals surface area contributed by atoms with E-state index >= 15 is 0 Å². The lowest BCUT2D eigenvalue weighted by Gasteiger charge is -2.27. The lowest BCUT2D eigenvalue weighted by Crippen LogP contribution is -2.49. The van der Waals surface area contributed by atoms with Crippen LogP contribution in [0.15, 0.2) is 24.3 Å². The van der Waals surface area contributed by atoms with Gasteiger partial charge in [0.2, 0.25) is 11.8 Å². The molecular formula is C15H21N3O2. The first kappa shape index (κ1) is 14.5. The minimum absolute atomic E-state index is 0.0101. The predicted molar refractivity (Wildman–Crippen MR) is 77.3 cm³/mol. The Morgan fingerprint density at radius 3 is 2.75 bits per heavy atom. The third-order valence-corrected chi connectivity index (χ3v) is 3.35. The Labute approximate surface area is 119 Å². The lowest BCUT2D eigenvalue weighted by atomic mass is 10.1. The van der Waals surface area contributed by atoms with Crippen molar-refractivity contribution in [2.45, 2.75) is 13.3 Å². The van der Waals surface area contributed by atoms with E-state index < -0.39 is 0 Å². The van der Waals surface area contributed by atoms with Gasteiger partial charge in [0.25, 0.3) is 0 Å². The SMILES string of the molecule is Cc1cccc(CC(=O)NCC(=O)N2CCNCC2)c1. The zero-order valence-corrected chi connectivity index (χ0v) is 11.8. The summed E-state index contributed by atoms with van der Waals surface area (Å²) in [6.07, 6.45) is 0.316. The van der Waals surface area contributed by atoms with E-state index in [2.05, 4.69) is 10.6 Å². The summed E-state index contributed by atoms with van der Waals surface area (Å²) in [7, 11) is 0. The third-order valence-electron chi connectivity index (χ3n) is 3.35. The molecule has 0 unspecified atom stereocenters. The summed E-state index contributed by atoms with van der Waals surface area (Å²) >= 11 is 0. The molecule has 1 aromatic rings. The Bertz CT molecular complexity index is 482. The number of benzene rings is 1. The molecule has 0 spiro atoms. The number of hydrogen-bond donors (Lipinski definition) is 2. The zero-order chi connectivity index (χ0) is 14.4. The van der Waals surface area contributed by atoms with E-state index in [1.807, 2.05) is 31.2 Å². The summed E-state index contributed by atoms with van der Waals surface area (Å²) in [5, 5.41) is 5.89. The first-order chi connectivity index (χ1) is 9.65. The Kier molecular flexibility index (Phi) is 5.12. The molecule has 108 valence electrons. The maximum atomic E-state index is 11.9. The fourth-order valence-electron chi connectivity index (χ4n) is 2.27. The molecule has 0 bridgehead atoms. The molecule has 0 aromatic heterocycles. The van der Waals surface area contributed by atoms with Crippen molar-refractivity contribution >= 4 is 11.8 Å². The van der Waals surface area contributed by atoms with E-state index in [0.29, 0.717) is 19.5 Å². The van der Waals surface area contributed by atoms with Crippen LogP contribution in [0.3, 0.4) is 0 Å². The number of amides is 2. The van der Waals surface area contributed by atoms with E-state index in [4.69, 9.17) is 0 Å². The molecule has 5 heteroatoms. The number of aryl methyl sites for hydroxylation is 1. The Balaban J connectivity index is 1.75. The van der Waals surface area contributed by atoms with Gasteiger partial charge in [0.05, 0.1) is 13.0 Å². The van der Waals surface area contributed by atoms with Gasteiger partial charge in [0.1, 0.15) is 0 Å². The molecule has 0 radical (unpaired) electrons. The number of carbonyl (C=O) groups excluding carboxylic acids is 2. The van der Waals surface area contributed by atoms with E-state index in [1.165, 1.54) is 0 Å². The second-order valence-electron chi connectivity index (χ2n) is 5.07. The van der Waals surface area contributed by atoms with Gasteiger partial charge in [-0.3, -0.25) is 9.59 Å². The normalized spacial score (nSPS) is 14.9. The summed E-state index contributed by atoms with van der Waals surface area (Å²) in [6, 6.07) is 7.83. The maximum Gasteiger partial charge on any atom is 0.242 e. The molecule has 1 aliphatic heterocycles. The average Bonchev–Trinajstić information content (AvgIpc) is 2.46. The summed E-state index contributed by atoms with van der Waals surface area (Å²) in [6.45, 7) is 5.16. The second kappa shape index (κ2) is 7.05. The van der Waals surface area contributed by atoms with Crippen molar-refractivity contribution in [3.05, 3.63) is 35.4 Å². The number of carbonyl (C=O) groups is 2. The van der Waals surface area contributed by atoms with Crippen LogP contribution in [-0.4, -0.2) is 49.4 Å². The molecule has 0 aliphatic carbocycles. The Morgan fingerprint density at radius 1 is 1.30 bits per heavy atom. The van der Waals surface area contributed by atoms with E-state index in [-0.39, 0.29) is 18.4 Å². The molecule has 1 aliphatic rings. The van der Waals surface area contributed by atoms with Gasteiger partial charge in [0.15, 0.2) is 0 Å². The monoisotopic (exact) mass is 275 g/mol. The number of nitrogens with zero attached hydrogens (tertiary/aromatic N) is 1. The summed E-state index contributed by atoms with van der Waals surface area (Å²) < 4.78 is 0. The fourth-order valence-corrected chi connectivity index (χ4v) is 2.27. The van der Waals surface area contributed by atoms with Crippen LogP contribution in [0, 0.1) is 6.92 Å². The molecule has 0 atom stereocenters. The van der Waals surface area contributed by atoms with Crippen molar-refractivity contribution in [2.24, 2.45) is 0 Å². The van der Waals surface area contributed by atoms with Crippen LogP contribution in [0.1, 0.15) is 11.1 Å². The number of rotatable bonds is 4. The molecule has 1 saturated heterocycles. The van der Waals surface area contributed by atoms with Crippen LogP contribution in [0.4, 0.5) is 0 Å². The summed E-state index contributed by atoms with van der Waals surface area (Å²) in [5.41, 5.74) is 2.10. The largest absolute Gasteiger partial charge is 0.347 e. The van der Waals surface area contributed by atoms with Crippen molar-refractivity contribution in [1.82, 2.24) is 15.5 Å². The third kappa shape index (κ3) is 4.35. The standard InChI is InChI=1S/C15H21N3O2/c1-12-3-2-4-13(9-12)10-14(19)17-11-15(20)18-7-5-16-6-8-18/h2-4,9,16H,5-8,10-11H2,1H3,(H,17,19). The average molecular weight is 275 g/mol. The van der Waals surface area contributed by atoms with Crippen LogP contribution in [0.2, 0.25) is 0 Å². The van der Waals surface area contributed by atoms with Crippen molar-refractivity contribution in [1.29, 1.82) is 0 Å². The molecule has 2 N–H and O–H groups in total. The highest BCUT2D eigenvalue weighted by atomic mass is 16.2. The van der Waals surface area contributed by atoms with Gasteiger partial charge < -0.3 is 15.5 Å². The molecule has 5 nitrogen and oxygen atoms in total. The Morgan fingerprint density at radius 2 is 2.05 bits per heavy atom. The van der Waals surface area contributed by atoms with Gasteiger partial charge in [-0.1, -0.05) is 29.8 Å². The summed E-state index contributed by atoms with van der Waals surface area (Å²) in [4.78, 5) is 25.5. The second-order valence-corrected chi connectivity index (χ2v) is 5.07. The maximum absolute atomic E-state index is 11.9. The lowest BCUT2D eigenvalue weighted by molar-refractivity contribution is -0.133. The Hall–Kier alpha value is -1.88. The predicted octanol–water partition coefficient (Wildman–Crippen LogP) is 0.0855. The number of piperazine rings is 1. The molecule has 1 aromatic carbocycles. The molecular weight excluding hydrogens is 254 g/mol. The fraction of sp³-hybridized carbons (Fsp3) is 0.467. The molecule has 1 fully saturated rings. The molecule has 2 amide bonds. The van der Waals surface area contributed by atoms with Crippen molar-refractivity contribution in [2.75, 3.05) is 32.7 Å². The van der Waals surface area contributed by atoms with Crippen LogP contribution in [0.25, 0.3) is 0 Å². The minimum Gasteiger partial charge on any atom is -0.347 e. The molecule has 0 saturated carbocycles. The van der Waals surface area contributed by atoms with Crippen LogP contribution in [0.5, 0.6) is 0 Å². The highest BCUT2D eigenvalue weighted by Crippen LogP contribution is 2.04. The highest BCUT2D eigenvalue weighted by molar-refractivity contribution is 5.85. The smallest absolute Gasteiger partial charge is 0.242 e. The van der Waals surface area contributed by atoms with Crippen LogP contribution in [-0.2, 0) is 16.0 Å². The molecule has 2 rings (SSSR count). The summed E-state index contributed by atoms with van der Waals surface area (Å²) in [5.74, 6) is -0.122. The van der Waals surface area contributed by atoms with Crippen molar-refractivity contribution < 1.29 is 9.59 Å². The first-order valence-corrected chi connectivity index (χ1v) is 6.96. The molecule has 20 heavy (non-hydrogen) atoms. The number of hydrogen-bond acceptors (Lipinski definition) is 3. The topological polar surface area (TPSA) is 61.4 Å². The first-order valence-electron chi connectivity index (χ1n) is 6.96. The van der Waals surface area contributed by atoms with Gasteiger partial charge in [-0.2, -0.15) is 0 Å². The van der Waals surface area contributed by atoms with Gasteiger partial charge in [-0.25, -0.2) is 0 Å². The molecule has 1 heterocycles. The van der Waals surface area contributed by atoms with E-state index in [1.54, 1.807) is 4.90 Å². The number of nitrogens with one attached hydrogen (secondary N) is 2. The van der Waals surface area contributed by atoms with Gasteiger partial charge in [0, 0.05) is 26.2 Å². The van der Waals surface area contributed by atoms with Crippen molar-refractivity contribution in [3.8, 4) is 0 Å². The quantitative estimate of drug-likeness (QED) is 0.818. The van der Waals surface area contributed by atoms with Gasteiger partial charge in [-0.05, 0) is 12.5 Å². The highest BCUT2D eigenvalue weighted by Gasteiger charge is 2.16. The van der Waals surface area contributed by atoms with Gasteiger partial charge >= 0.3 is 0 Å².